The van der Waals surface area contributed by atoms with Crippen molar-refractivity contribution in [3.05, 3.63) is 12.3 Å². The molecule has 0 aromatic heterocycles. The van der Waals surface area contributed by atoms with Gasteiger partial charge in [-0.2, -0.15) is 0 Å². The van der Waals surface area contributed by atoms with E-state index in [4.69, 9.17) is 0 Å². The van der Waals surface area contributed by atoms with Crippen LogP contribution in [0.15, 0.2) is 12.3 Å². The number of unbranched alkanes of at least 4 members (excludes halogenated alkanes) is 1. The third-order valence-corrected chi connectivity index (χ3v) is 2.12. The van der Waals surface area contributed by atoms with Crippen LogP contribution in [0.1, 0.15) is 46.5 Å². The smallest absolute Gasteiger partial charge is 0.321 e. The molecule has 0 aliphatic rings. The van der Waals surface area contributed by atoms with E-state index < -0.39 is 0 Å². The molecular weight excluding hydrogens is 188 g/mol. The number of carbonyl (C=O) groups excluding carboxylic acids is 1. The highest BCUT2D eigenvalue weighted by atomic mass is 16.2. The summed E-state index contributed by atoms with van der Waals surface area (Å²) in [5, 5.41) is 2.78. The molecule has 0 spiro atoms. The van der Waals surface area contributed by atoms with Gasteiger partial charge in [-0.05, 0) is 19.3 Å². The monoisotopic (exact) mass is 212 g/mol. The molecule has 0 heterocycles. The first-order chi connectivity index (χ1) is 7.26. The Morgan fingerprint density at radius 2 is 1.93 bits per heavy atom. The van der Waals surface area contributed by atoms with E-state index in [0.29, 0.717) is 0 Å². The molecule has 0 saturated heterocycles. The Hall–Kier alpha value is -0.990. The Morgan fingerprint density at radius 1 is 1.20 bits per heavy atom. The number of hydrogen-bond donors (Lipinski definition) is 1. The number of nitrogens with zero attached hydrogens (tertiary/aromatic N) is 1. The topological polar surface area (TPSA) is 32.3 Å². The Balaban J connectivity index is 3.97. The van der Waals surface area contributed by atoms with E-state index in [1.54, 1.807) is 6.20 Å². The molecule has 0 aliphatic heterocycles. The van der Waals surface area contributed by atoms with Gasteiger partial charge in [-0.3, -0.25) is 0 Å². The summed E-state index contributed by atoms with van der Waals surface area (Å²) in [4.78, 5) is 13.6. The lowest BCUT2D eigenvalue weighted by Gasteiger charge is -2.21. The molecule has 1 N–H and O–H groups in total. The van der Waals surface area contributed by atoms with Crippen LogP contribution in [-0.2, 0) is 0 Å². The number of urea groups is 1. The minimum Gasteiger partial charge on any atom is -0.325 e. The molecule has 0 fully saturated rings. The maximum atomic E-state index is 11.7. The summed E-state index contributed by atoms with van der Waals surface area (Å²) < 4.78 is 0. The second kappa shape index (κ2) is 9.56. The van der Waals surface area contributed by atoms with E-state index in [9.17, 15) is 4.79 Å². The maximum Gasteiger partial charge on any atom is 0.321 e. The van der Waals surface area contributed by atoms with Gasteiger partial charge in [-0.25, -0.2) is 4.79 Å². The van der Waals surface area contributed by atoms with E-state index in [0.717, 1.165) is 38.8 Å². The van der Waals surface area contributed by atoms with Gasteiger partial charge >= 0.3 is 6.03 Å². The van der Waals surface area contributed by atoms with Crippen molar-refractivity contribution in [3.63, 3.8) is 0 Å². The highest BCUT2D eigenvalue weighted by molar-refractivity contribution is 5.75. The number of carbonyl (C=O) groups is 1. The molecule has 0 rings (SSSR count). The van der Waals surface area contributed by atoms with Crippen LogP contribution in [0.5, 0.6) is 0 Å². The van der Waals surface area contributed by atoms with E-state index in [2.05, 4.69) is 19.2 Å². The minimum atomic E-state index is 0.0231. The van der Waals surface area contributed by atoms with Crippen molar-refractivity contribution in [2.75, 3.05) is 13.1 Å². The molecule has 15 heavy (non-hydrogen) atoms. The van der Waals surface area contributed by atoms with Crippen LogP contribution < -0.4 is 5.32 Å². The van der Waals surface area contributed by atoms with Crippen molar-refractivity contribution < 1.29 is 4.79 Å². The van der Waals surface area contributed by atoms with Gasteiger partial charge in [0.05, 0.1) is 0 Å². The lowest BCUT2D eigenvalue weighted by molar-refractivity contribution is 0.200. The predicted molar refractivity (Wildman–Crippen MR) is 64.7 cm³/mol. The van der Waals surface area contributed by atoms with E-state index >= 15 is 0 Å². The first kappa shape index (κ1) is 14.0. The van der Waals surface area contributed by atoms with Gasteiger partial charge in [0.15, 0.2) is 0 Å². The van der Waals surface area contributed by atoms with E-state index in [-0.39, 0.29) is 6.03 Å². The third kappa shape index (κ3) is 7.00. The zero-order chi connectivity index (χ0) is 11.5. The van der Waals surface area contributed by atoms with Crippen LogP contribution in [0, 0.1) is 0 Å². The van der Waals surface area contributed by atoms with Crippen LogP contribution >= 0.6 is 0 Å². The second-order valence-corrected chi connectivity index (χ2v) is 3.60. The minimum absolute atomic E-state index is 0.0231. The SMILES string of the molecule is CC/C=C/NC(=O)N(CCC)CCCC. The summed E-state index contributed by atoms with van der Waals surface area (Å²) in [5.74, 6) is 0. The van der Waals surface area contributed by atoms with Gasteiger partial charge in [-0.15, -0.1) is 0 Å². The zero-order valence-electron chi connectivity index (χ0n) is 10.3. The number of allylic oxidation sites excluding steroid dienone is 1. The summed E-state index contributed by atoms with van der Waals surface area (Å²) in [6, 6.07) is 0.0231. The number of rotatable bonds is 7. The molecule has 0 unspecified atom stereocenters. The molecule has 3 heteroatoms. The fraction of sp³-hybridized carbons (Fsp3) is 0.750. The van der Waals surface area contributed by atoms with Gasteiger partial charge in [0, 0.05) is 19.3 Å². The molecular formula is C12H24N2O. The van der Waals surface area contributed by atoms with Crippen LogP contribution in [0.3, 0.4) is 0 Å². The zero-order valence-corrected chi connectivity index (χ0v) is 10.3. The van der Waals surface area contributed by atoms with Crippen LogP contribution in [0.4, 0.5) is 4.79 Å². The summed E-state index contributed by atoms with van der Waals surface area (Å²) >= 11 is 0. The predicted octanol–water partition coefficient (Wildman–Crippen LogP) is 3.13. The van der Waals surface area contributed by atoms with Crippen LogP contribution in [-0.4, -0.2) is 24.0 Å². The Morgan fingerprint density at radius 3 is 2.47 bits per heavy atom. The highest BCUT2D eigenvalue weighted by Crippen LogP contribution is 1.97. The van der Waals surface area contributed by atoms with Gasteiger partial charge in [0.1, 0.15) is 0 Å². The molecule has 0 aromatic carbocycles. The van der Waals surface area contributed by atoms with Gasteiger partial charge < -0.3 is 10.2 Å². The first-order valence-corrected chi connectivity index (χ1v) is 5.96. The largest absolute Gasteiger partial charge is 0.325 e. The van der Waals surface area contributed by atoms with Crippen molar-refractivity contribution in [3.8, 4) is 0 Å². The lowest BCUT2D eigenvalue weighted by Crippen LogP contribution is -2.38. The molecule has 0 radical (unpaired) electrons. The molecule has 0 atom stereocenters. The summed E-state index contributed by atoms with van der Waals surface area (Å²) in [6.45, 7) is 7.97. The molecule has 3 nitrogen and oxygen atoms in total. The molecule has 0 bridgehead atoms. The fourth-order valence-electron chi connectivity index (χ4n) is 1.27. The molecule has 2 amide bonds. The summed E-state index contributed by atoms with van der Waals surface area (Å²) in [5.41, 5.74) is 0. The second-order valence-electron chi connectivity index (χ2n) is 3.60. The van der Waals surface area contributed by atoms with Gasteiger partial charge in [0.2, 0.25) is 0 Å². The average molecular weight is 212 g/mol. The fourth-order valence-corrected chi connectivity index (χ4v) is 1.27. The van der Waals surface area contributed by atoms with E-state index in [1.165, 1.54) is 0 Å². The normalized spacial score (nSPS) is 10.6. The van der Waals surface area contributed by atoms with Crippen molar-refractivity contribution in [1.29, 1.82) is 0 Å². The Bertz CT molecular complexity index is 190. The molecule has 0 aliphatic carbocycles. The molecule has 88 valence electrons. The van der Waals surface area contributed by atoms with E-state index in [1.807, 2.05) is 17.9 Å². The maximum absolute atomic E-state index is 11.7. The number of nitrogens with one attached hydrogen (secondary N) is 1. The third-order valence-electron chi connectivity index (χ3n) is 2.12. The highest BCUT2D eigenvalue weighted by Gasteiger charge is 2.09. The quantitative estimate of drug-likeness (QED) is 0.691. The van der Waals surface area contributed by atoms with Gasteiger partial charge in [-0.1, -0.05) is 33.3 Å². The van der Waals surface area contributed by atoms with Crippen molar-refractivity contribution in [1.82, 2.24) is 10.2 Å². The molecule has 0 aromatic rings. The van der Waals surface area contributed by atoms with Crippen molar-refractivity contribution in [2.45, 2.75) is 46.5 Å². The average Bonchev–Trinajstić information content (AvgIpc) is 2.24. The van der Waals surface area contributed by atoms with Crippen LogP contribution in [0.25, 0.3) is 0 Å². The molecule has 0 saturated carbocycles. The van der Waals surface area contributed by atoms with Gasteiger partial charge in [0.25, 0.3) is 0 Å². The standard InChI is InChI=1S/C12H24N2O/c1-4-7-9-13-12(15)14(10-6-3)11-8-5-2/h7,9H,4-6,8,10-11H2,1-3H3,(H,13,15)/b9-7+. The van der Waals surface area contributed by atoms with Crippen molar-refractivity contribution >= 4 is 6.03 Å². The Kier molecular flexibility index (Phi) is 8.93. The lowest BCUT2D eigenvalue weighted by atomic mass is 10.3. The Labute approximate surface area is 93.5 Å². The number of hydrogen-bond acceptors (Lipinski definition) is 1. The summed E-state index contributed by atoms with van der Waals surface area (Å²) in [6.07, 6.45) is 7.83. The first-order valence-electron chi connectivity index (χ1n) is 5.96. The van der Waals surface area contributed by atoms with Crippen LogP contribution in [0.2, 0.25) is 0 Å². The van der Waals surface area contributed by atoms with Crippen molar-refractivity contribution in [2.24, 2.45) is 0 Å². The summed E-state index contributed by atoms with van der Waals surface area (Å²) in [7, 11) is 0. The number of amides is 2.